The molecule has 1 N–H and O–H groups in total. The van der Waals surface area contributed by atoms with Gasteiger partial charge >= 0.3 is 0 Å². The maximum atomic E-state index is 5.31. The predicted octanol–water partition coefficient (Wildman–Crippen LogP) is 3.25. The van der Waals surface area contributed by atoms with Crippen LogP contribution >= 0.6 is 0 Å². The van der Waals surface area contributed by atoms with Gasteiger partial charge in [-0.1, -0.05) is 13.8 Å². The normalized spacial score (nSPS) is 10.4. The van der Waals surface area contributed by atoms with Crippen molar-refractivity contribution in [1.82, 2.24) is 0 Å². The van der Waals surface area contributed by atoms with E-state index in [0.29, 0.717) is 5.92 Å². The molecule has 0 heterocycles. The van der Waals surface area contributed by atoms with Gasteiger partial charge in [-0.05, 0) is 36.6 Å². The molecule has 0 saturated carbocycles. The molecule has 14 heavy (non-hydrogen) atoms. The molecule has 0 radical (unpaired) electrons. The first kappa shape index (κ1) is 10.9. The van der Waals surface area contributed by atoms with Gasteiger partial charge in [0.15, 0.2) is 0 Å². The lowest BCUT2D eigenvalue weighted by atomic mass is 10.0. The molecule has 0 atom stereocenters. The van der Waals surface area contributed by atoms with Crippen LogP contribution in [0, 0.1) is 0 Å². The summed E-state index contributed by atoms with van der Waals surface area (Å²) in [6.45, 7) is 7.39. The Morgan fingerprint density at radius 1 is 1.36 bits per heavy atom. The molecule has 0 amide bonds. The molecule has 0 saturated heterocycles. The Morgan fingerprint density at radius 2 is 2.07 bits per heavy atom. The van der Waals surface area contributed by atoms with Crippen LogP contribution in [0.5, 0.6) is 5.75 Å². The molecular weight excluding hydrogens is 174 g/mol. The Morgan fingerprint density at radius 3 is 2.57 bits per heavy atom. The van der Waals surface area contributed by atoms with Crippen molar-refractivity contribution in [3.8, 4) is 5.75 Å². The molecule has 2 heteroatoms. The van der Waals surface area contributed by atoms with Crippen LogP contribution in [0.1, 0.15) is 32.3 Å². The Hall–Kier alpha value is -1.18. The maximum absolute atomic E-state index is 5.31. The zero-order valence-corrected chi connectivity index (χ0v) is 9.42. The van der Waals surface area contributed by atoms with Gasteiger partial charge < -0.3 is 10.1 Å². The second-order valence-electron chi connectivity index (χ2n) is 3.64. The lowest BCUT2D eigenvalue weighted by Crippen LogP contribution is -1.99. The third-order valence-electron chi connectivity index (χ3n) is 2.23. The number of methoxy groups -OCH3 is 1. The van der Waals surface area contributed by atoms with Crippen LogP contribution < -0.4 is 10.1 Å². The number of hydrogen-bond donors (Lipinski definition) is 1. The van der Waals surface area contributed by atoms with Crippen LogP contribution in [0.3, 0.4) is 0 Å². The van der Waals surface area contributed by atoms with Crippen LogP contribution in [0.2, 0.25) is 0 Å². The summed E-state index contributed by atoms with van der Waals surface area (Å²) in [7, 11) is 1.72. The van der Waals surface area contributed by atoms with E-state index in [-0.39, 0.29) is 0 Å². The first-order chi connectivity index (χ1) is 6.69. The van der Waals surface area contributed by atoms with Crippen molar-refractivity contribution in [3.63, 3.8) is 0 Å². The van der Waals surface area contributed by atoms with E-state index in [2.05, 4.69) is 32.2 Å². The van der Waals surface area contributed by atoms with Crippen LogP contribution in [0.4, 0.5) is 5.69 Å². The van der Waals surface area contributed by atoms with Crippen molar-refractivity contribution in [3.05, 3.63) is 23.8 Å². The average molecular weight is 193 g/mol. The Labute approximate surface area is 86.3 Å². The summed E-state index contributed by atoms with van der Waals surface area (Å²) in [6, 6.07) is 6.23. The fraction of sp³-hybridized carbons (Fsp3) is 0.500. The van der Waals surface area contributed by atoms with Crippen LogP contribution in [0.25, 0.3) is 0 Å². The quantitative estimate of drug-likeness (QED) is 0.792. The molecule has 0 spiro atoms. The minimum absolute atomic E-state index is 0.489. The Kier molecular flexibility index (Phi) is 3.81. The van der Waals surface area contributed by atoms with Crippen molar-refractivity contribution in [2.24, 2.45) is 0 Å². The summed E-state index contributed by atoms with van der Waals surface area (Å²) < 4.78 is 5.31. The largest absolute Gasteiger partial charge is 0.496 e. The third-order valence-corrected chi connectivity index (χ3v) is 2.23. The van der Waals surface area contributed by atoms with Crippen LogP contribution in [-0.4, -0.2) is 13.7 Å². The van der Waals surface area contributed by atoms with Gasteiger partial charge in [0.25, 0.3) is 0 Å². The summed E-state index contributed by atoms with van der Waals surface area (Å²) in [6.07, 6.45) is 0. The third kappa shape index (κ3) is 2.41. The Balaban J connectivity index is 3.01. The number of hydrogen-bond acceptors (Lipinski definition) is 2. The van der Waals surface area contributed by atoms with Crippen molar-refractivity contribution in [2.45, 2.75) is 26.7 Å². The summed E-state index contributed by atoms with van der Waals surface area (Å²) in [4.78, 5) is 0. The van der Waals surface area contributed by atoms with Crippen molar-refractivity contribution in [2.75, 3.05) is 19.0 Å². The summed E-state index contributed by atoms with van der Waals surface area (Å²) >= 11 is 0. The number of benzene rings is 1. The van der Waals surface area contributed by atoms with Crippen molar-refractivity contribution >= 4 is 5.69 Å². The van der Waals surface area contributed by atoms with E-state index in [1.54, 1.807) is 7.11 Å². The second-order valence-corrected chi connectivity index (χ2v) is 3.64. The molecule has 0 aliphatic heterocycles. The van der Waals surface area contributed by atoms with Crippen LogP contribution in [0.15, 0.2) is 18.2 Å². The van der Waals surface area contributed by atoms with E-state index in [1.807, 2.05) is 12.1 Å². The number of ether oxygens (including phenoxy) is 1. The highest BCUT2D eigenvalue weighted by Gasteiger charge is 2.07. The smallest absolute Gasteiger partial charge is 0.122 e. The first-order valence-corrected chi connectivity index (χ1v) is 5.10. The minimum atomic E-state index is 0.489. The van der Waals surface area contributed by atoms with E-state index in [1.165, 1.54) is 5.56 Å². The number of anilines is 1. The van der Waals surface area contributed by atoms with Crippen molar-refractivity contribution in [1.29, 1.82) is 0 Å². The molecule has 1 aromatic carbocycles. The molecule has 0 unspecified atom stereocenters. The summed E-state index contributed by atoms with van der Waals surface area (Å²) in [5, 5.41) is 3.30. The minimum Gasteiger partial charge on any atom is -0.496 e. The van der Waals surface area contributed by atoms with Gasteiger partial charge in [-0.2, -0.15) is 0 Å². The zero-order chi connectivity index (χ0) is 10.6. The molecule has 0 bridgehead atoms. The fourth-order valence-electron chi connectivity index (χ4n) is 1.50. The van der Waals surface area contributed by atoms with Crippen LogP contribution in [-0.2, 0) is 0 Å². The number of rotatable bonds is 4. The SMILES string of the molecule is CCNc1ccc(OC)c(C(C)C)c1. The van der Waals surface area contributed by atoms with Gasteiger partial charge in [0.05, 0.1) is 7.11 Å². The molecule has 1 aromatic rings. The predicted molar refractivity (Wildman–Crippen MR) is 61.2 cm³/mol. The van der Waals surface area contributed by atoms with E-state index in [4.69, 9.17) is 4.74 Å². The zero-order valence-electron chi connectivity index (χ0n) is 9.42. The lowest BCUT2D eigenvalue weighted by Gasteiger charge is -2.13. The molecule has 0 aromatic heterocycles. The first-order valence-electron chi connectivity index (χ1n) is 5.10. The van der Waals surface area contributed by atoms with E-state index in [0.717, 1.165) is 18.0 Å². The Bertz CT molecular complexity index is 294. The highest BCUT2D eigenvalue weighted by Crippen LogP contribution is 2.28. The van der Waals surface area contributed by atoms with E-state index in [9.17, 15) is 0 Å². The highest BCUT2D eigenvalue weighted by atomic mass is 16.5. The summed E-state index contributed by atoms with van der Waals surface area (Å²) in [5.41, 5.74) is 2.42. The van der Waals surface area contributed by atoms with Gasteiger partial charge in [0.2, 0.25) is 0 Å². The molecule has 1 rings (SSSR count). The molecule has 0 fully saturated rings. The summed E-state index contributed by atoms with van der Waals surface area (Å²) in [5.74, 6) is 1.46. The van der Waals surface area contributed by atoms with Gasteiger partial charge in [-0.25, -0.2) is 0 Å². The lowest BCUT2D eigenvalue weighted by molar-refractivity contribution is 0.407. The maximum Gasteiger partial charge on any atom is 0.122 e. The average Bonchev–Trinajstić information content (AvgIpc) is 2.18. The number of nitrogens with one attached hydrogen (secondary N) is 1. The van der Waals surface area contributed by atoms with Crippen molar-refractivity contribution < 1.29 is 4.74 Å². The van der Waals surface area contributed by atoms with Gasteiger partial charge in [-0.3, -0.25) is 0 Å². The fourth-order valence-corrected chi connectivity index (χ4v) is 1.50. The van der Waals surface area contributed by atoms with Gasteiger partial charge in [0, 0.05) is 12.2 Å². The van der Waals surface area contributed by atoms with E-state index < -0.39 is 0 Å². The van der Waals surface area contributed by atoms with Gasteiger partial charge in [0.1, 0.15) is 5.75 Å². The topological polar surface area (TPSA) is 21.3 Å². The highest BCUT2D eigenvalue weighted by molar-refractivity contribution is 5.52. The second kappa shape index (κ2) is 4.89. The standard InChI is InChI=1S/C12H19NO/c1-5-13-10-6-7-12(14-4)11(8-10)9(2)3/h6-9,13H,5H2,1-4H3. The molecule has 0 aliphatic rings. The molecule has 0 aliphatic carbocycles. The monoisotopic (exact) mass is 193 g/mol. The van der Waals surface area contributed by atoms with Gasteiger partial charge in [-0.15, -0.1) is 0 Å². The molecular formula is C12H19NO. The van der Waals surface area contributed by atoms with E-state index >= 15 is 0 Å². The molecule has 2 nitrogen and oxygen atoms in total. The molecule has 78 valence electrons.